The molecule has 1 heterocycles. The molecule has 1 aliphatic rings. The maximum absolute atomic E-state index is 12.0. The summed E-state index contributed by atoms with van der Waals surface area (Å²) in [5.74, 6) is 1.16. The number of hydrogen-bond donors (Lipinski definition) is 2. The van der Waals surface area contributed by atoms with Crippen LogP contribution in [-0.2, 0) is 27.8 Å². The molecule has 0 saturated heterocycles. The van der Waals surface area contributed by atoms with Gasteiger partial charge in [0.05, 0.1) is 11.3 Å². The maximum atomic E-state index is 12.0. The number of hydrogen-bond acceptors (Lipinski definition) is 5. The number of benzene rings is 2. The van der Waals surface area contributed by atoms with Crippen molar-refractivity contribution in [2.24, 2.45) is 5.14 Å². The van der Waals surface area contributed by atoms with Crippen LogP contribution in [0.2, 0.25) is 0 Å². The average Bonchev–Trinajstić information content (AvgIpc) is 3.00. The van der Waals surface area contributed by atoms with Crippen LogP contribution < -0.4 is 19.9 Å². The molecular formula is C16H16N2O5S. The van der Waals surface area contributed by atoms with Crippen molar-refractivity contribution in [2.75, 3.05) is 6.79 Å². The second kappa shape index (κ2) is 6.50. The van der Waals surface area contributed by atoms with Gasteiger partial charge >= 0.3 is 0 Å². The van der Waals surface area contributed by atoms with Gasteiger partial charge in [-0.05, 0) is 35.4 Å². The minimum absolute atomic E-state index is 0.0398. The van der Waals surface area contributed by atoms with Crippen LogP contribution in [0.5, 0.6) is 11.5 Å². The van der Waals surface area contributed by atoms with Crippen LogP contribution in [0.1, 0.15) is 11.1 Å². The summed E-state index contributed by atoms with van der Waals surface area (Å²) in [6.45, 7) is 0.494. The highest BCUT2D eigenvalue weighted by molar-refractivity contribution is 7.89. The van der Waals surface area contributed by atoms with Crippen molar-refractivity contribution in [3.63, 3.8) is 0 Å². The minimum atomic E-state index is -3.71. The Morgan fingerprint density at radius 2 is 1.71 bits per heavy atom. The van der Waals surface area contributed by atoms with Crippen molar-refractivity contribution in [1.82, 2.24) is 5.32 Å². The van der Waals surface area contributed by atoms with Crippen LogP contribution in [0.4, 0.5) is 0 Å². The Morgan fingerprint density at radius 3 is 2.42 bits per heavy atom. The lowest BCUT2D eigenvalue weighted by atomic mass is 10.1. The molecule has 24 heavy (non-hydrogen) atoms. The fourth-order valence-corrected chi connectivity index (χ4v) is 2.81. The van der Waals surface area contributed by atoms with Crippen LogP contribution >= 0.6 is 0 Å². The predicted molar refractivity (Wildman–Crippen MR) is 85.9 cm³/mol. The number of nitrogens with one attached hydrogen (secondary N) is 1. The number of rotatable bonds is 5. The first-order valence-electron chi connectivity index (χ1n) is 7.19. The molecule has 0 aromatic heterocycles. The van der Waals surface area contributed by atoms with Gasteiger partial charge in [0, 0.05) is 6.54 Å². The molecule has 3 N–H and O–H groups in total. The van der Waals surface area contributed by atoms with Crippen molar-refractivity contribution in [2.45, 2.75) is 17.9 Å². The second-order valence-electron chi connectivity index (χ2n) is 5.33. The fourth-order valence-electron chi connectivity index (χ4n) is 2.30. The fraction of sp³-hybridized carbons (Fsp3) is 0.188. The first-order chi connectivity index (χ1) is 11.4. The Kier molecular flexibility index (Phi) is 4.41. The summed E-state index contributed by atoms with van der Waals surface area (Å²) in [6.07, 6.45) is 0.214. The third-order valence-electron chi connectivity index (χ3n) is 3.54. The number of amides is 1. The van der Waals surface area contributed by atoms with Gasteiger partial charge in [-0.25, -0.2) is 13.6 Å². The summed E-state index contributed by atoms with van der Waals surface area (Å²) in [6, 6.07) is 11.4. The molecule has 7 nitrogen and oxygen atoms in total. The molecule has 0 saturated carbocycles. The molecule has 0 radical (unpaired) electrons. The van der Waals surface area contributed by atoms with E-state index in [1.165, 1.54) is 12.1 Å². The molecular weight excluding hydrogens is 332 g/mol. The van der Waals surface area contributed by atoms with Gasteiger partial charge in [-0.1, -0.05) is 18.2 Å². The molecule has 0 atom stereocenters. The summed E-state index contributed by atoms with van der Waals surface area (Å²) in [5.41, 5.74) is 1.60. The molecule has 0 spiro atoms. The van der Waals surface area contributed by atoms with Crippen molar-refractivity contribution in [3.05, 3.63) is 53.6 Å². The Hall–Kier alpha value is -2.58. The zero-order valence-electron chi connectivity index (χ0n) is 12.7. The smallest absolute Gasteiger partial charge is 0.238 e. The molecule has 1 amide bonds. The monoisotopic (exact) mass is 348 g/mol. The van der Waals surface area contributed by atoms with Crippen LogP contribution in [0.15, 0.2) is 47.4 Å². The quantitative estimate of drug-likeness (QED) is 0.835. The number of fused-ring (bicyclic) bond motifs is 1. The molecule has 0 fully saturated rings. The molecule has 2 aromatic carbocycles. The van der Waals surface area contributed by atoms with E-state index >= 15 is 0 Å². The van der Waals surface area contributed by atoms with E-state index in [1.807, 2.05) is 6.07 Å². The third-order valence-corrected chi connectivity index (χ3v) is 4.47. The standard InChI is InChI=1S/C16H16N2O5S/c17-24(20,21)13-4-1-11(2-5-13)9-18-16(19)8-12-3-6-14-15(7-12)23-10-22-14/h1-7H,8-10H2,(H,18,19)(H2,17,20,21). The second-order valence-corrected chi connectivity index (χ2v) is 6.89. The van der Waals surface area contributed by atoms with Gasteiger partial charge in [-0.2, -0.15) is 0 Å². The lowest BCUT2D eigenvalue weighted by Crippen LogP contribution is -2.24. The number of ether oxygens (including phenoxy) is 2. The SMILES string of the molecule is NS(=O)(=O)c1ccc(CNC(=O)Cc2ccc3c(c2)OCO3)cc1. The number of carbonyl (C=O) groups excluding carboxylic acids is 1. The lowest BCUT2D eigenvalue weighted by Gasteiger charge is -2.07. The zero-order chi connectivity index (χ0) is 17.2. The Balaban J connectivity index is 1.56. The summed E-state index contributed by atoms with van der Waals surface area (Å²) in [5, 5.41) is 7.82. The summed E-state index contributed by atoms with van der Waals surface area (Å²) in [4.78, 5) is 12.1. The molecule has 0 bridgehead atoms. The number of sulfonamides is 1. The van der Waals surface area contributed by atoms with E-state index in [9.17, 15) is 13.2 Å². The van der Waals surface area contributed by atoms with Crippen molar-refractivity contribution >= 4 is 15.9 Å². The van der Waals surface area contributed by atoms with Crippen LogP contribution in [0.3, 0.4) is 0 Å². The highest BCUT2D eigenvalue weighted by Gasteiger charge is 2.14. The van der Waals surface area contributed by atoms with E-state index in [0.717, 1.165) is 11.1 Å². The van der Waals surface area contributed by atoms with Crippen molar-refractivity contribution < 1.29 is 22.7 Å². The first-order valence-corrected chi connectivity index (χ1v) is 8.73. The van der Waals surface area contributed by atoms with Crippen LogP contribution in [0.25, 0.3) is 0 Å². The van der Waals surface area contributed by atoms with E-state index in [-0.39, 0.29) is 24.0 Å². The van der Waals surface area contributed by atoms with Gasteiger partial charge in [-0.15, -0.1) is 0 Å². The van der Waals surface area contributed by atoms with Crippen LogP contribution in [-0.4, -0.2) is 21.1 Å². The lowest BCUT2D eigenvalue weighted by molar-refractivity contribution is -0.120. The van der Waals surface area contributed by atoms with Gasteiger partial charge in [0.25, 0.3) is 0 Å². The number of primary sulfonamides is 1. The van der Waals surface area contributed by atoms with Crippen molar-refractivity contribution in [3.8, 4) is 11.5 Å². The average molecular weight is 348 g/mol. The highest BCUT2D eigenvalue weighted by atomic mass is 32.2. The summed E-state index contributed by atoms with van der Waals surface area (Å²) >= 11 is 0. The van der Waals surface area contributed by atoms with E-state index in [0.29, 0.717) is 18.0 Å². The van der Waals surface area contributed by atoms with Gasteiger partial charge < -0.3 is 14.8 Å². The first kappa shape index (κ1) is 16.3. The molecule has 0 aliphatic carbocycles. The van der Waals surface area contributed by atoms with Crippen LogP contribution in [0, 0.1) is 0 Å². The van der Waals surface area contributed by atoms with E-state index < -0.39 is 10.0 Å². The maximum Gasteiger partial charge on any atom is 0.238 e. The molecule has 126 valence electrons. The topological polar surface area (TPSA) is 108 Å². The minimum Gasteiger partial charge on any atom is -0.454 e. The highest BCUT2D eigenvalue weighted by Crippen LogP contribution is 2.32. The van der Waals surface area contributed by atoms with Gasteiger partial charge in [-0.3, -0.25) is 4.79 Å². The molecule has 2 aromatic rings. The van der Waals surface area contributed by atoms with Gasteiger partial charge in [0.15, 0.2) is 11.5 Å². The van der Waals surface area contributed by atoms with Crippen molar-refractivity contribution in [1.29, 1.82) is 0 Å². The van der Waals surface area contributed by atoms with Gasteiger partial charge in [0.2, 0.25) is 22.7 Å². The Morgan fingerprint density at radius 1 is 1.04 bits per heavy atom. The molecule has 1 aliphatic heterocycles. The summed E-state index contributed by atoms with van der Waals surface area (Å²) < 4.78 is 32.9. The predicted octanol–water partition coefficient (Wildman–Crippen LogP) is 0.922. The summed E-state index contributed by atoms with van der Waals surface area (Å²) in [7, 11) is -3.71. The molecule has 0 unspecified atom stereocenters. The normalized spacial score (nSPS) is 12.9. The molecule has 8 heteroatoms. The van der Waals surface area contributed by atoms with E-state index in [1.54, 1.807) is 24.3 Å². The Bertz CT molecular complexity index is 863. The Labute approximate surface area is 139 Å². The number of carbonyl (C=O) groups is 1. The van der Waals surface area contributed by atoms with E-state index in [4.69, 9.17) is 14.6 Å². The largest absolute Gasteiger partial charge is 0.454 e. The third kappa shape index (κ3) is 3.84. The number of nitrogens with two attached hydrogens (primary N) is 1. The van der Waals surface area contributed by atoms with Gasteiger partial charge in [0.1, 0.15) is 0 Å². The molecule has 3 rings (SSSR count). The van der Waals surface area contributed by atoms with E-state index in [2.05, 4.69) is 5.32 Å². The zero-order valence-corrected chi connectivity index (χ0v) is 13.5.